The average molecular weight is 298 g/mol. The Kier molecular flexibility index (Phi) is 2.00. The minimum atomic E-state index is 0.667. The molecule has 0 spiro atoms. The molecular formula is C16H10S3. The van der Waals surface area contributed by atoms with Crippen LogP contribution >= 0.6 is 34.9 Å². The standard InChI is InChI=1S/C16H10S3/c17-16-18-14-6-10-4-12-8-1-2-9(3-8)13(12)5-11(10)7-15(14)19-16/h1-2,4-9H,3H2. The van der Waals surface area contributed by atoms with E-state index >= 15 is 0 Å². The smallest absolute Gasteiger partial charge is 0.113 e. The molecule has 0 saturated heterocycles. The molecule has 2 aliphatic carbocycles. The van der Waals surface area contributed by atoms with Crippen molar-refractivity contribution in [2.24, 2.45) is 0 Å². The number of rotatable bonds is 0. The second-order valence-corrected chi connectivity index (χ2v) is 8.70. The van der Waals surface area contributed by atoms with Crippen LogP contribution in [0.3, 0.4) is 0 Å². The minimum absolute atomic E-state index is 0.667. The first-order valence-electron chi connectivity index (χ1n) is 6.47. The largest absolute Gasteiger partial charge is 0.144 e. The summed E-state index contributed by atoms with van der Waals surface area (Å²) in [6.07, 6.45) is 6.05. The van der Waals surface area contributed by atoms with Gasteiger partial charge >= 0.3 is 0 Å². The van der Waals surface area contributed by atoms with E-state index in [2.05, 4.69) is 36.4 Å². The van der Waals surface area contributed by atoms with Crippen LogP contribution in [-0.2, 0) is 0 Å². The van der Waals surface area contributed by atoms with E-state index in [0.29, 0.717) is 11.8 Å². The molecule has 0 fully saturated rings. The molecule has 0 aliphatic heterocycles. The summed E-state index contributed by atoms with van der Waals surface area (Å²) < 4.78 is 3.70. The molecule has 0 amide bonds. The normalized spacial score (nSPS) is 23.6. The van der Waals surface area contributed by atoms with Gasteiger partial charge in [-0.1, -0.05) is 36.5 Å². The molecule has 3 aromatic rings. The first-order chi connectivity index (χ1) is 9.28. The number of hydrogen-bond acceptors (Lipinski definition) is 3. The predicted molar refractivity (Wildman–Crippen MR) is 87.3 cm³/mol. The first kappa shape index (κ1) is 10.7. The molecule has 2 bridgehead atoms. The Bertz CT molecular complexity index is 855. The van der Waals surface area contributed by atoms with Gasteiger partial charge in [-0.25, -0.2) is 0 Å². The maximum absolute atomic E-state index is 5.31. The van der Waals surface area contributed by atoms with Gasteiger partial charge in [-0.15, -0.1) is 22.7 Å². The van der Waals surface area contributed by atoms with Gasteiger partial charge in [-0.05, 0) is 40.5 Å². The Morgan fingerprint density at radius 1 is 0.842 bits per heavy atom. The van der Waals surface area contributed by atoms with Crippen molar-refractivity contribution < 1.29 is 0 Å². The van der Waals surface area contributed by atoms with Gasteiger partial charge in [0.2, 0.25) is 0 Å². The van der Waals surface area contributed by atoms with E-state index in [9.17, 15) is 0 Å². The lowest BCUT2D eigenvalue weighted by Gasteiger charge is -2.12. The van der Waals surface area contributed by atoms with E-state index in [4.69, 9.17) is 12.2 Å². The van der Waals surface area contributed by atoms with Crippen LogP contribution in [0.25, 0.3) is 20.2 Å². The van der Waals surface area contributed by atoms with Gasteiger partial charge in [0.05, 0.1) is 0 Å². The molecule has 2 aromatic carbocycles. The van der Waals surface area contributed by atoms with Crippen molar-refractivity contribution in [2.45, 2.75) is 18.3 Å². The third kappa shape index (κ3) is 1.41. The van der Waals surface area contributed by atoms with Crippen LogP contribution in [0.4, 0.5) is 0 Å². The lowest BCUT2D eigenvalue weighted by Crippen LogP contribution is -1.92. The van der Waals surface area contributed by atoms with E-state index < -0.39 is 0 Å². The molecule has 1 heterocycles. The Balaban J connectivity index is 1.90. The predicted octanol–water partition coefficient (Wildman–Crippen LogP) is 5.99. The topological polar surface area (TPSA) is 0 Å². The van der Waals surface area contributed by atoms with E-state index in [1.807, 2.05) is 0 Å². The summed E-state index contributed by atoms with van der Waals surface area (Å²) in [6, 6.07) is 9.45. The molecule has 0 nitrogen and oxygen atoms in total. The summed E-state index contributed by atoms with van der Waals surface area (Å²) >= 11 is 8.78. The molecule has 3 heteroatoms. The van der Waals surface area contributed by atoms with Crippen molar-refractivity contribution >= 4 is 55.1 Å². The van der Waals surface area contributed by atoms with Crippen molar-refractivity contribution in [1.29, 1.82) is 0 Å². The molecule has 0 radical (unpaired) electrons. The SMILES string of the molecule is S=c1sc2cc3cc4c(cc3cc2s1)C1C=CC4C1. The zero-order chi connectivity index (χ0) is 12.6. The maximum atomic E-state index is 5.31. The van der Waals surface area contributed by atoms with Crippen LogP contribution in [0, 0.1) is 3.14 Å². The van der Waals surface area contributed by atoms with E-state index in [-0.39, 0.29) is 0 Å². The van der Waals surface area contributed by atoms with E-state index in [0.717, 1.165) is 3.14 Å². The van der Waals surface area contributed by atoms with Gasteiger partial charge in [-0.3, -0.25) is 0 Å². The van der Waals surface area contributed by atoms with Crippen molar-refractivity contribution in [3.63, 3.8) is 0 Å². The van der Waals surface area contributed by atoms with Gasteiger partial charge in [0.25, 0.3) is 0 Å². The van der Waals surface area contributed by atoms with Gasteiger partial charge in [0.1, 0.15) is 3.14 Å². The zero-order valence-corrected chi connectivity index (χ0v) is 12.5. The summed E-state index contributed by atoms with van der Waals surface area (Å²) in [7, 11) is 0. The van der Waals surface area contributed by atoms with Crippen molar-refractivity contribution in [2.75, 3.05) is 0 Å². The highest BCUT2D eigenvalue weighted by Crippen LogP contribution is 2.49. The fourth-order valence-corrected chi connectivity index (χ4v) is 6.05. The van der Waals surface area contributed by atoms with E-state index in [1.54, 1.807) is 33.8 Å². The Morgan fingerprint density at radius 2 is 1.37 bits per heavy atom. The summed E-state index contributed by atoms with van der Waals surface area (Å²) in [6.45, 7) is 0. The van der Waals surface area contributed by atoms with Crippen LogP contribution < -0.4 is 0 Å². The third-order valence-electron chi connectivity index (χ3n) is 4.37. The monoisotopic (exact) mass is 298 g/mol. The Labute approximate surface area is 124 Å². The second kappa shape index (κ2) is 3.54. The molecule has 2 unspecified atom stereocenters. The van der Waals surface area contributed by atoms with Crippen LogP contribution in [0.5, 0.6) is 0 Å². The molecule has 19 heavy (non-hydrogen) atoms. The highest BCUT2D eigenvalue weighted by molar-refractivity contribution is 7.77. The summed E-state index contributed by atoms with van der Waals surface area (Å²) in [5, 5.41) is 2.74. The molecule has 1 aromatic heterocycles. The highest BCUT2D eigenvalue weighted by atomic mass is 32.2. The molecule has 5 rings (SSSR count). The summed E-state index contributed by atoms with van der Waals surface area (Å²) in [5.41, 5.74) is 3.11. The number of fused-ring (bicyclic) bond motifs is 7. The lowest BCUT2D eigenvalue weighted by atomic mass is 9.93. The van der Waals surface area contributed by atoms with Gasteiger partial charge < -0.3 is 0 Å². The fraction of sp³-hybridized carbons (Fsp3) is 0.188. The summed E-state index contributed by atoms with van der Waals surface area (Å²) in [5.74, 6) is 1.33. The molecular weight excluding hydrogens is 288 g/mol. The molecule has 92 valence electrons. The van der Waals surface area contributed by atoms with Crippen LogP contribution in [0.2, 0.25) is 0 Å². The van der Waals surface area contributed by atoms with Gasteiger partial charge in [0.15, 0.2) is 0 Å². The fourth-order valence-electron chi connectivity index (χ4n) is 3.51. The van der Waals surface area contributed by atoms with Crippen LogP contribution in [0.1, 0.15) is 29.4 Å². The van der Waals surface area contributed by atoms with Gasteiger partial charge in [-0.2, -0.15) is 0 Å². The van der Waals surface area contributed by atoms with Crippen LogP contribution in [0.15, 0.2) is 36.4 Å². The lowest BCUT2D eigenvalue weighted by molar-refractivity contribution is 0.805. The first-order valence-corrected chi connectivity index (χ1v) is 8.52. The number of hydrogen-bond donors (Lipinski definition) is 0. The minimum Gasteiger partial charge on any atom is -0.113 e. The third-order valence-corrected chi connectivity index (χ3v) is 6.95. The average Bonchev–Trinajstić information content (AvgIpc) is 3.06. The molecule has 0 saturated carbocycles. The molecule has 0 N–H and O–H groups in total. The Morgan fingerprint density at radius 3 is 1.89 bits per heavy atom. The van der Waals surface area contributed by atoms with Crippen molar-refractivity contribution in [3.8, 4) is 0 Å². The van der Waals surface area contributed by atoms with Crippen molar-refractivity contribution in [1.82, 2.24) is 0 Å². The van der Waals surface area contributed by atoms with E-state index in [1.165, 1.54) is 26.6 Å². The van der Waals surface area contributed by atoms with Crippen LogP contribution in [-0.4, -0.2) is 0 Å². The quantitative estimate of drug-likeness (QED) is 0.363. The Hall–Kier alpha value is -1.03. The highest BCUT2D eigenvalue weighted by Gasteiger charge is 2.32. The van der Waals surface area contributed by atoms with Gasteiger partial charge in [0, 0.05) is 21.2 Å². The molecule has 2 atom stereocenters. The van der Waals surface area contributed by atoms with Crippen molar-refractivity contribution in [3.05, 3.63) is 50.7 Å². The maximum Gasteiger partial charge on any atom is 0.144 e. The summed E-state index contributed by atoms with van der Waals surface area (Å²) in [4.78, 5) is 0. The zero-order valence-electron chi connectivity index (χ0n) is 10.1. The number of allylic oxidation sites excluding steroid dienone is 2. The molecule has 2 aliphatic rings. The second-order valence-electron chi connectivity index (χ2n) is 5.41. The number of benzene rings is 2.